The molecule has 0 N–H and O–H groups in total. The largest absolute Gasteiger partial charge is 0.494 e. The van der Waals surface area contributed by atoms with E-state index in [2.05, 4.69) is 0 Å². The number of hydrogen-bond donors (Lipinski definition) is 0. The first kappa shape index (κ1) is 14.8. The first-order valence-corrected chi connectivity index (χ1v) is 7.43. The van der Waals surface area contributed by atoms with E-state index in [-0.39, 0.29) is 23.5 Å². The minimum absolute atomic E-state index is 0.189. The van der Waals surface area contributed by atoms with Crippen molar-refractivity contribution in [2.24, 2.45) is 0 Å². The molecule has 1 aliphatic carbocycles. The molecular formula is C16H21FO4. The number of halogens is 1. The molecule has 4 nitrogen and oxygen atoms in total. The summed E-state index contributed by atoms with van der Waals surface area (Å²) in [5.74, 6) is -0.450. The van der Waals surface area contributed by atoms with Gasteiger partial charge in [0.15, 0.2) is 17.4 Å². The summed E-state index contributed by atoms with van der Waals surface area (Å²) in [4.78, 5) is 0. The van der Waals surface area contributed by atoms with Crippen molar-refractivity contribution in [2.75, 3.05) is 20.3 Å². The molecular weight excluding hydrogens is 275 g/mol. The monoisotopic (exact) mass is 296 g/mol. The zero-order valence-corrected chi connectivity index (χ0v) is 12.3. The van der Waals surface area contributed by atoms with E-state index in [1.165, 1.54) is 13.2 Å². The second-order valence-corrected chi connectivity index (χ2v) is 5.59. The molecule has 0 radical (unpaired) electrons. The second kappa shape index (κ2) is 6.30. The Morgan fingerprint density at radius 1 is 1.24 bits per heavy atom. The minimum atomic E-state index is -0.355. The fourth-order valence-corrected chi connectivity index (χ4v) is 3.00. The maximum Gasteiger partial charge on any atom is 0.168 e. The van der Waals surface area contributed by atoms with Gasteiger partial charge in [-0.15, -0.1) is 0 Å². The van der Waals surface area contributed by atoms with Crippen molar-refractivity contribution in [1.82, 2.24) is 0 Å². The minimum Gasteiger partial charge on any atom is -0.494 e. The third-order valence-corrected chi connectivity index (χ3v) is 4.21. The number of ether oxygens (including phenoxy) is 4. The molecule has 3 rings (SSSR count). The third kappa shape index (κ3) is 3.36. The molecule has 21 heavy (non-hydrogen) atoms. The first-order chi connectivity index (χ1) is 10.2. The van der Waals surface area contributed by atoms with Crippen LogP contribution in [0.5, 0.6) is 5.75 Å². The van der Waals surface area contributed by atoms with Crippen molar-refractivity contribution in [1.29, 1.82) is 0 Å². The standard InChI is InChI=1S/C16H21FO4/c1-18-15-3-2-12(10-14(15)17)11-19-13-4-6-16(7-5-13)20-8-9-21-16/h2-3,10,13H,4-9,11H2,1H3. The molecule has 5 heteroatoms. The lowest BCUT2D eigenvalue weighted by molar-refractivity contribution is -0.192. The van der Waals surface area contributed by atoms with E-state index in [0.717, 1.165) is 31.2 Å². The Balaban J connectivity index is 1.49. The van der Waals surface area contributed by atoms with Crippen LogP contribution < -0.4 is 4.74 Å². The van der Waals surface area contributed by atoms with Crippen molar-refractivity contribution in [3.05, 3.63) is 29.6 Å². The highest BCUT2D eigenvalue weighted by Gasteiger charge is 2.40. The van der Waals surface area contributed by atoms with Crippen LogP contribution in [0.4, 0.5) is 4.39 Å². The summed E-state index contributed by atoms with van der Waals surface area (Å²) >= 11 is 0. The van der Waals surface area contributed by atoms with Crippen LogP contribution in [0.2, 0.25) is 0 Å². The molecule has 0 amide bonds. The molecule has 1 aliphatic heterocycles. The Morgan fingerprint density at radius 3 is 2.57 bits per heavy atom. The van der Waals surface area contributed by atoms with E-state index in [9.17, 15) is 4.39 Å². The lowest BCUT2D eigenvalue weighted by Gasteiger charge is -2.35. The van der Waals surface area contributed by atoms with Crippen LogP contribution in [0.15, 0.2) is 18.2 Å². The Hall–Kier alpha value is -1.17. The zero-order valence-electron chi connectivity index (χ0n) is 12.3. The van der Waals surface area contributed by atoms with E-state index in [1.807, 2.05) is 6.07 Å². The second-order valence-electron chi connectivity index (χ2n) is 5.59. The predicted molar refractivity (Wildman–Crippen MR) is 74.6 cm³/mol. The lowest BCUT2D eigenvalue weighted by Crippen LogP contribution is -2.37. The maximum atomic E-state index is 13.6. The van der Waals surface area contributed by atoms with Crippen molar-refractivity contribution >= 4 is 0 Å². The Kier molecular flexibility index (Phi) is 4.42. The topological polar surface area (TPSA) is 36.9 Å². The number of rotatable bonds is 4. The van der Waals surface area contributed by atoms with E-state index in [1.54, 1.807) is 6.07 Å². The summed E-state index contributed by atoms with van der Waals surface area (Å²) in [6, 6.07) is 4.92. The lowest BCUT2D eigenvalue weighted by atomic mass is 9.92. The first-order valence-electron chi connectivity index (χ1n) is 7.43. The SMILES string of the molecule is COc1ccc(COC2CCC3(CC2)OCCO3)cc1F. The van der Waals surface area contributed by atoms with Gasteiger partial charge < -0.3 is 18.9 Å². The molecule has 1 aromatic carbocycles. The normalized spacial score (nSPS) is 21.8. The molecule has 116 valence electrons. The maximum absolute atomic E-state index is 13.6. The van der Waals surface area contributed by atoms with Crippen LogP contribution >= 0.6 is 0 Å². The summed E-state index contributed by atoms with van der Waals surface area (Å²) in [6.45, 7) is 1.80. The van der Waals surface area contributed by atoms with Crippen LogP contribution in [0, 0.1) is 5.82 Å². The predicted octanol–water partition coefficient (Wildman–Crippen LogP) is 3.04. The summed E-state index contributed by atoms with van der Waals surface area (Å²) < 4.78 is 35.8. The van der Waals surface area contributed by atoms with Gasteiger partial charge in [0, 0.05) is 12.8 Å². The molecule has 1 aromatic rings. The van der Waals surface area contributed by atoms with Gasteiger partial charge in [0.25, 0.3) is 0 Å². The average molecular weight is 296 g/mol. The molecule has 1 heterocycles. The van der Waals surface area contributed by atoms with Crippen LogP contribution in [0.1, 0.15) is 31.2 Å². The molecule has 0 aromatic heterocycles. The van der Waals surface area contributed by atoms with Crippen molar-refractivity contribution in [3.8, 4) is 5.75 Å². The number of benzene rings is 1. The van der Waals surface area contributed by atoms with Crippen molar-refractivity contribution in [3.63, 3.8) is 0 Å². The summed E-state index contributed by atoms with van der Waals surface area (Å²) in [7, 11) is 1.46. The molecule has 1 saturated carbocycles. The molecule has 2 aliphatic rings. The summed E-state index contributed by atoms with van der Waals surface area (Å²) in [5, 5.41) is 0. The highest BCUT2D eigenvalue weighted by atomic mass is 19.1. The van der Waals surface area contributed by atoms with Gasteiger partial charge in [0.2, 0.25) is 0 Å². The average Bonchev–Trinajstić information content (AvgIpc) is 2.95. The molecule has 0 unspecified atom stereocenters. The summed E-state index contributed by atoms with van der Waals surface area (Å²) in [6.07, 6.45) is 3.76. The van der Waals surface area contributed by atoms with E-state index < -0.39 is 0 Å². The highest BCUT2D eigenvalue weighted by Crippen LogP contribution is 2.36. The quantitative estimate of drug-likeness (QED) is 0.856. The zero-order chi connectivity index (χ0) is 14.7. The fraction of sp³-hybridized carbons (Fsp3) is 0.625. The smallest absolute Gasteiger partial charge is 0.168 e. The molecule has 2 fully saturated rings. The Labute approximate surface area is 124 Å². The van der Waals surface area contributed by atoms with Crippen LogP contribution in [-0.2, 0) is 20.8 Å². The van der Waals surface area contributed by atoms with Gasteiger partial charge in [-0.1, -0.05) is 6.07 Å². The van der Waals surface area contributed by atoms with Gasteiger partial charge in [-0.2, -0.15) is 0 Å². The number of methoxy groups -OCH3 is 1. The van der Waals surface area contributed by atoms with Gasteiger partial charge in [0.1, 0.15) is 0 Å². The van der Waals surface area contributed by atoms with E-state index in [4.69, 9.17) is 18.9 Å². The van der Waals surface area contributed by atoms with Gasteiger partial charge in [-0.05, 0) is 30.5 Å². The van der Waals surface area contributed by atoms with E-state index in [0.29, 0.717) is 19.8 Å². The van der Waals surface area contributed by atoms with Gasteiger partial charge in [-0.3, -0.25) is 0 Å². The number of hydrogen-bond acceptors (Lipinski definition) is 4. The van der Waals surface area contributed by atoms with Crippen molar-refractivity contribution in [2.45, 2.75) is 44.2 Å². The molecule has 1 spiro atoms. The van der Waals surface area contributed by atoms with Gasteiger partial charge in [0.05, 0.1) is 33.0 Å². The highest BCUT2D eigenvalue weighted by molar-refractivity contribution is 5.28. The van der Waals surface area contributed by atoms with Gasteiger partial charge in [-0.25, -0.2) is 4.39 Å². The molecule has 0 bridgehead atoms. The fourth-order valence-electron chi connectivity index (χ4n) is 3.00. The van der Waals surface area contributed by atoms with E-state index >= 15 is 0 Å². The molecule has 0 atom stereocenters. The molecule has 1 saturated heterocycles. The Bertz CT molecular complexity index is 475. The van der Waals surface area contributed by atoms with Crippen molar-refractivity contribution < 1.29 is 23.3 Å². The van der Waals surface area contributed by atoms with Crippen LogP contribution in [0.3, 0.4) is 0 Å². The van der Waals surface area contributed by atoms with Crippen LogP contribution in [0.25, 0.3) is 0 Å². The Morgan fingerprint density at radius 2 is 1.95 bits per heavy atom. The third-order valence-electron chi connectivity index (χ3n) is 4.21. The van der Waals surface area contributed by atoms with Crippen LogP contribution in [-0.4, -0.2) is 32.2 Å². The van der Waals surface area contributed by atoms with Gasteiger partial charge >= 0.3 is 0 Å². The summed E-state index contributed by atoms with van der Waals surface area (Å²) in [5.41, 5.74) is 0.821.